The first kappa shape index (κ1) is 24.3. The Labute approximate surface area is 256 Å². The van der Waals surface area contributed by atoms with Crippen LogP contribution in [0.3, 0.4) is 0 Å². The summed E-state index contributed by atoms with van der Waals surface area (Å²) in [4.78, 5) is 9.41. The normalized spacial score (nSPS) is 12.0. The van der Waals surface area contributed by atoms with Crippen molar-refractivity contribution < 1.29 is 8.83 Å². The first-order valence-electron chi connectivity index (χ1n) is 15.0. The fourth-order valence-corrected chi connectivity index (χ4v) is 6.90. The number of hydrogen-bond acceptors (Lipinski definition) is 4. The van der Waals surface area contributed by atoms with E-state index in [1.807, 2.05) is 24.3 Å². The molecular formula is C40H23N3O2. The molecule has 0 radical (unpaired) electrons. The molecule has 4 aromatic heterocycles. The standard InChI is InChI=1S/C40H23N3O2/c1-2-9-24(10-3-1)25-17-20-35-31(22-25)38-40(45-35)37(41-23-42-38)26-11-8-12-27(21-26)43-32-15-6-4-14-30(32)36-33(43)19-18-29-28-13-5-7-16-34(28)44-39(29)36/h1-23H. The molecule has 0 saturated carbocycles. The fraction of sp³-hybridized carbons (Fsp3) is 0. The summed E-state index contributed by atoms with van der Waals surface area (Å²) in [5.41, 5.74) is 11.3. The summed E-state index contributed by atoms with van der Waals surface area (Å²) in [5, 5.41) is 5.49. The Morgan fingerprint density at radius 3 is 2.18 bits per heavy atom. The van der Waals surface area contributed by atoms with Crippen molar-refractivity contribution in [3.63, 3.8) is 0 Å². The Hall–Kier alpha value is -6.20. The second-order valence-corrected chi connectivity index (χ2v) is 11.4. The lowest BCUT2D eigenvalue weighted by molar-refractivity contribution is 0.667. The third-order valence-electron chi connectivity index (χ3n) is 8.92. The van der Waals surface area contributed by atoms with Gasteiger partial charge in [0.05, 0.1) is 16.4 Å². The second kappa shape index (κ2) is 9.15. The quantitative estimate of drug-likeness (QED) is 0.210. The maximum atomic E-state index is 6.49. The number of nitrogens with zero attached hydrogens (tertiary/aromatic N) is 3. The molecule has 4 heterocycles. The third-order valence-corrected chi connectivity index (χ3v) is 8.92. The minimum Gasteiger partial charge on any atom is -0.455 e. The highest BCUT2D eigenvalue weighted by atomic mass is 16.3. The maximum Gasteiger partial charge on any atom is 0.180 e. The van der Waals surface area contributed by atoms with Crippen molar-refractivity contribution in [3.05, 3.63) is 140 Å². The summed E-state index contributed by atoms with van der Waals surface area (Å²) in [6.07, 6.45) is 1.63. The molecule has 0 saturated heterocycles. The highest BCUT2D eigenvalue weighted by Crippen LogP contribution is 2.41. The minimum absolute atomic E-state index is 0.682. The SMILES string of the molecule is c1ccc(-c2ccc3oc4c(-c5cccc(-n6c7ccccc7c7c8oc9ccccc9c8ccc76)c5)ncnc4c3c2)cc1. The first-order chi connectivity index (χ1) is 22.3. The summed E-state index contributed by atoms with van der Waals surface area (Å²) in [6.45, 7) is 0. The first-order valence-corrected chi connectivity index (χ1v) is 15.0. The maximum absolute atomic E-state index is 6.49. The molecular weight excluding hydrogens is 554 g/mol. The lowest BCUT2D eigenvalue weighted by atomic mass is 10.0. The topological polar surface area (TPSA) is 57.0 Å². The minimum atomic E-state index is 0.682. The van der Waals surface area contributed by atoms with Crippen LogP contribution in [0.15, 0.2) is 149 Å². The van der Waals surface area contributed by atoms with Gasteiger partial charge in [-0.3, -0.25) is 0 Å². The molecule has 0 amide bonds. The Kier molecular flexibility index (Phi) is 4.93. The summed E-state index contributed by atoms with van der Waals surface area (Å²) < 4.78 is 15.2. The third kappa shape index (κ3) is 3.49. The van der Waals surface area contributed by atoms with Crippen LogP contribution in [0, 0.1) is 0 Å². The van der Waals surface area contributed by atoms with Crippen LogP contribution in [0.25, 0.3) is 93.9 Å². The highest BCUT2D eigenvalue weighted by Gasteiger charge is 2.20. The Morgan fingerprint density at radius 2 is 1.24 bits per heavy atom. The van der Waals surface area contributed by atoms with Gasteiger partial charge in [0.15, 0.2) is 5.58 Å². The predicted molar refractivity (Wildman–Crippen MR) is 182 cm³/mol. The molecule has 0 spiro atoms. The van der Waals surface area contributed by atoms with E-state index in [1.165, 1.54) is 0 Å². The van der Waals surface area contributed by atoms with Gasteiger partial charge in [-0.25, -0.2) is 9.97 Å². The molecule has 210 valence electrons. The summed E-state index contributed by atoms with van der Waals surface area (Å²) in [7, 11) is 0. The van der Waals surface area contributed by atoms with E-state index in [-0.39, 0.29) is 0 Å². The van der Waals surface area contributed by atoms with Gasteiger partial charge in [-0.2, -0.15) is 0 Å². The average Bonchev–Trinajstić information content (AvgIpc) is 3.78. The van der Waals surface area contributed by atoms with Crippen LogP contribution in [-0.2, 0) is 0 Å². The number of rotatable bonds is 3. The van der Waals surface area contributed by atoms with Crippen molar-refractivity contribution in [2.45, 2.75) is 0 Å². The molecule has 0 bridgehead atoms. The van der Waals surface area contributed by atoms with Gasteiger partial charge in [-0.05, 0) is 59.7 Å². The van der Waals surface area contributed by atoms with Crippen LogP contribution < -0.4 is 0 Å². The summed E-state index contributed by atoms with van der Waals surface area (Å²) >= 11 is 0. The molecule has 0 N–H and O–H groups in total. The molecule has 0 aliphatic rings. The Bertz CT molecular complexity index is 2770. The number of furan rings is 2. The number of para-hydroxylation sites is 2. The van der Waals surface area contributed by atoms with E-state index < -0.39 is 0 Å². The monoisotopic (exact) mass is 577 g/mol. The van der Waals surface area contributed by atoms with Gasteiger partial charge >= 0.3 is 0 Å². The molecule has 0 atom stereocenters. The molecule has 0 unspecified atom stereocenters. The van der Waals surface area contributed by atoms with Crippen molar-refractivity contribution in [2.24, 2.45) is 0 Å². The van der Waals surface area contributed by atoms with Gasteiger partial charge in [0.25, 0.3) is 0 Å². The number of hydrogen-bond donors (Lipinski definition) is 0. The van der Waals surface area contributed by atoms with E-state index in [0.717, 1.165) is 88.3 Å². The van der Waals surface area contributed by atoms with E-state index in [4.69, 9.17) is 13.8 Å². The number of benzene rings is 6. The van der Waals surface area contributed by atoms with Crippen LogP contribution in [0.4, 0.5) is 0 Å². The highest BCUT2D eigenvalue weighted by molar-refractivity contribution is 6.23. The molecule has 0 fully saturated rings. The molecule has 0 aliphatic heterocycles. The van der Waals surface area contributed by atoms with Crippen molar-refractivity contribution in [3.8, 4) is 28.1 Å². The Morgan fingerprint density at radius 1 is 0.467 bits per heavy atom. The van der Waals surface area contributed by atoms with E-state index in [1.54, 1.807) is 6.33 Å². The number of aromatic nitrogens is 3. The van der Waals surface area contributed by atoms with Crippen LogP contribution in [0.5, 0.6) is 0 Å². The molecule has 6 aromatic carbocycles. The molecule has 10 rings (SSSR count). The average molecular weight is 578 g/mol. The molecule has 5 nitrogen and oxygen atoms in total. The molecule has 45 heavy (non-hydrogen) atoms. The lowest BCUT2D eigenvalue weighted by Gasteiger charge is -2.10. The van der Waals surface area contributed by atoms with Crippen molar-refractivity contribution in [1.82, 2.24) is 14.5 Å². The smallest absolute Gasteiger partial charge is 0.180 e. The van der Waals surface area contributed by atoms with E-state index in [9.17, 15) is 0 Å². The van der Waals surface area contributed by atoms with Gasteiger partial charge in [-0.15, -0.1) is 0 Å². The van der Waals surface area contributed by atoms with E-state index >= 15 is 0 Å². The van der Waals surface area contributed by atoms with Crippen molar-refractivity contribution in [1.29, 1.82) is 0 Å². The van der Waals surface area contributed by atoms with Crippen molar-refractivity contribution in [2.75, 3.05) is 0 Å². The van der Waals surface area contributed by atoms with Gasteiger partial charge < -0.3 is 13.4 Å². The molecule has 0 aliphatic carbocycles. The zero-order valence-corrected chi connectivity index (χ0v) is 23.9. The summed E-state index contributed by atoms with van der Waals surface area (Å²) in [6, 6.07) is 46.3. The lowest BCUT2D eigenvalue weighted by Crippen LogP contribution is -1.95. The van der Waals surface area contributed by atoms with E-state index in [2.05, 4.69) is 119 Å². The van der Waals surface area contributed by atoms with Crippen LogP contribution >= 0.6 is 0 Å². The van der Waals surface area contributed by atoms with Crippen LogP contribution in [0.1, 0.15) is 0 Å². The Balaban J connectivity index is 1.18. The number of fused-ring (bicyclic) bond motifs is 10. The zero-order chi connectivity index (χ0) is 29.5. The summed E-state index contributed by atoms with van der Waals surface area (Å²) in [5.74, 6) is 0. The largest absolute Gasteiger partial charge is 0.455 e. The van der Waals surface area contributed by atoms with Gasteiger partial charge in [0.1, 0.15) is 34.3 Å². The van der Waals surface area contributed by atoms with Gasteiger partial charge in [0, 0.05) is 32.8 Å². The van der Waals surface area contributed by atoms with Crippen LogP contribution in [0.2, 0.25) is 0 Å². The van der Waals surface area contributed by atoms with Gasteiger partial charge in [-0.1, -0.05) is 84.9 Å². The second-order valence-electron chi connectivity index (χ2n) is 11.4. The molecule has 10 aromatic rings. The molecule has 5 heteroatoms. The van der Waals surface area contributed by atoms with Crippen LogP contribution in [-0.4, -0.2) is 14.5 Å². The van der Waals surface area contributed by atoms with Crippen molar-refractivity contribution >= 4 is 65.8 Å². The fourth-order valence-electron chi connectivity index (χ4n) is 6.90. The zero-order valence-electron chi connectivity index (χ0n) is 23.9. The van der Waals surface area contributed by atoms with Gasteiger partial charge in [0.2, 0.25) is 0 Å². The van der Waals surface area contributed by atoms with E-state index in [0.29, 0.717) is 5.58 Å². The predicted octanol–water partition coefficient (Wildman–Crippen LogP) is 10.7.